The van der Waals surface area contributed by atoms with Gasteiger partial charge >= 0.3 is 0 Å². The lowest BCUT2D eigenvalue weighted by molar-refractivity contribution is 0.267. The number of aromatic nitrogens is 3. The van der Waals surface area contributed by atoms with Gasteiger partial charge in [-0.15, -0.1) is 0 Å². The molecule has 2 aliphatic carbocycles. The number of nitrogens with one attached hydrogen (secondary N) is 2. The van der Waals surface area contributed by atoms with Gasteiger partial charge in [0.15, 0.2) is 0 Å². The molecule has 0 atom stereocenters. The third kappa shape index (κ3) is 3.21. The van der Waals surface area contributed by atoms with Crippen molar-refractivity contribution in [1.82, 2.24) is 20.1 Å². The molecule has 2 aliphatic rings. The van der Waals surface area contributed by atoms with E-state index in [1.165, 1.54) is 22.0 Å². The third-order valence-corrected chi connectivity index (χ3v) is 6.28. The number of hydrogen-bond donors (Lipinski definition) is 2. The molecule has 0 bridgehead atoms. The summed E-state index contributed by atoms with van der Waals surface area (Å²) < 4.78 is 1.78. The molecule has 2 heterocycles. The van der Waals surface area contributed by atoms with Gasteiger partial charge in [-0.25, -0.2) is 4.68 Å². The quantitative estimate of drug-likeness (QED) is 0.747. The summed E-state index contributed by atoms with van der Waals surface area (Å²) in [6.07, 6.45) is 9.53. The van der Waals surface area contributed by atoms with Crippen LogP contribution in [0, 0.1) is 0 Å². The van der Waals surface area contributed by atoms with Crippen molar-refractivity contribution >= 4 is 10.9 Å². The standard InChI is InChI=1S/C22H26N4O/c27-22-12-15-4-3-7-20(15)25-26(22)18-10-8-17(9-11-18)23-13-16-14-24-21-6-2-1-5-19(16)21/h1-2,5-6,12,14,17-18,23-24H,3-4,7-11,13H2. The van der Waals surface area contributed by atoms with E-state index in [2.05, 4.69) is 40.8 Å². The summed E-state index contributed by atoms with van der Waals surface area (Å²) in [5, 5.41) is 9.72. The minimum absolute atomic E-state index is 0.0888. The van der Waals surface area contributed by atoms with Crippen LogP contribution < -0.4 is 10.9 Å². The lowest BCUT2D eigenvalue weighted by atomic mass is 9.91. The Bertz CT molecular complexity index is 1010. The van der Waals surface area contributed by atoms with E-state index in [9.17, 15) is 4.79 Å². The molecule has 5 nitrogen and oxygen atoms in total. The van der Waals surface area contributed by atoms with Crippen molar-refractivity contribution in [3.05, 3.63) is 63.7 Å². The molecule has 3 aromatic rings. The highest BCUT2D eigenvalue weighted by molar-refractivity contribution is 5.82. The van der Waals surface area contributed by atoms with E-state index in [0.29, 0.717) is 6.04 Å². The fourth-order valence-corrected chi connectivity index (χ4v) is 4.73. The first-order chi connectivity index (χ1) is 13.3. The highest BCUT2D eigenvalue weighted by Gasteiger charge is 2.25. The molecule has 1 fully saturated rings. The van der Waals surface area contributed by atoms with Crippen molar-refractivity contribution in [1.29, 1.82) is 0 Å². The number of rotatable bonds is 4. The zero-order chi connectivity index (χ0) is 18.2. The summed E-state index contributed by atoms with van der Waals surface area (Å²) in [6.45, 7) is 0.885. The van der Waals surface area contributed by atoms with Gasteiger partial charge in [-0.3, -0.25) is 4.79 Å². The van der Waals surface area contributed by atoms with Crippen molar-refractivity contribution < 1.29 is 0 Å². The normalized spacial score (nSPS) is 22.2. The number of H-pyrrole nitrogens is 1. The van der Waals surface area contributed by atoms with Crippen LogP contribution in [0.15, 0.2) is 41.3 Å². The van der Waals surface area contributed by atoms with Crippen molar-refractivity contribution in [2.45, 2.75) is 63.6 Å². The van der Waals surface area contributed by atoms with Crippen LogP contribution in [0.4, 0.5) is 0 Å². The van der Waals surface area contributed by atoms with E-state index in [1.54, 1.807) is 4.68 Å². The van der Waals surface area contributed by atoms with Crippen LogP contribution >= 0.6 is 0 Å². The first kappa shape index (κ1) is 16.8. The lowest BCUT2D eigenvalue weighted by Gasteiger charge is -2.29. The van der Waals surface area contributed by atoms with E-state index < -0.39 is 0 Å². The minimum Gasteiger partial charge on any atom is -0.361 e. The number of aryl methyl sites for hydroxylation is 2. The van der Waals surface area contributed by atoms with E-state index in [0.717, 1.165) is 57.2 Å². The molecular weight excluding hydrogens is 336 g/mol. The van der Waals surface area contributed by atoms with Gasteiger partial charge in [-0.1, -0.05) is 18.2 Å². The van der Waals surface area contributed by atoms with Crippen LogP contribution in [0.25, 0.3) is 10.9 Å². The minimum atomic E-state index is 0.0888. The number of fused-ring (bicyclic) bond motifs is 2. The molecule has 2 aromatic heterocycles. The average Bonchev–Trinajstić information content (AvgIpc) is 3.32. The maximum Gasteiger partial charge on any atom is 0.267 e. The summed E-state index contributed by atoms with van der Waals surface area (Å²) in [7, 11) is 0. The average molecular weight is 362 g/mol. The molecule has 0 unspecified atom stereocenters. The lowest BCUT2D eigenvalue weighted by Crippen LogP contribution is -2.36. The van der Waals surface area contributed by atoms with Crippen molar-refractivity contribution in [2.24, 2.45) is 0 Å². The Morgan fingerprint density at radius 2 is 2.00 bits per heavy atom. The summed E-state index contributed by atoms with van der Waals surface area (Å²) >= 11 is 0. The highest BCUT2D eigenvalue weighted by atomic mass is 16.1. The van der Waals surface area contributed by atoms with E-state index in [1.807, 2.05) is 6.07 Å². The van der Waals surface area contributed by atoms with Crippen LogP contribution in [-0.2, 0) is 19.4 Å². The van der Waals surface area contributed by atoms with E-state index in [-0.39, 0.29) is 11.6 Å². The van der Waals surface area contributed by atoms with Gasteiger partial charge in [-0.2, -0.15) is 5.10 Å². The predicted molar refractivity (Wildman–Crippen MR) is 107 cm³/mol. The highest BCUT2D eigenvalue weighted by Crippen LogP contribution is 2.28. The smallest absolute Gasteiger partial charge is 0.267 e. The van der Waals surface area contributed by atoms with Crippen LogP contribution in [0.5, 0.6) is 0 Å². The molecule has 0 radical (unpaired) electrons. The van der Waals surface area contributed by atoms with Gasteiger partial charge in [0.1, 0.15) is 0 Å². The Hall–Kier alpha value is -2.40. The number of benzene rings is 1. The van der Waals surface area contributed by atoms with Crippen molar-refractivity contribution in [3.63, 3.8) is 0 Å². The zero-order valence-corrected chi connectivity index (χ0v) is 15.6. The molecule has 1 aromatic carbocycles. The predicted octanol–water partition coefficient (Wildman–Crippen LogP) is 3.49. The molecule has 1 saturated carbocycles. The molecule has 27 heavy (non-hydrogen) atoms. The fourth-order valence-electron chi connectivity index (χ4n) is 4.73. The monoisotopic (exact) mass is 362 g/mol. The second-order valence-corrected chi connectivity index (χ2v) is 8.00. The van der Waals surface area contributed by atoms with E-state index >= 15 is 0 Å². The van der Waals surface area contributed by atoms with Crippen molar-refractivity contribution in [2.75, 3.05) is 0 Å². The maximum absolute atomic E-state index is 12.4. The molecule has 5 heteroatoms. The first-order valence-electron chi connectivity index (χ1n) is 10.2. The Morgan fingerprint density at radius 3 is 2.89 bits per heavy atom. The van der Waals surface area contributed by atoms with Crippen LogP contribution in [0.2, 0.25) is 0 Å². The largest absolute Gasteiger partial charge is 0.361 e. The molecule has 2 N–H and O–H groups in total. The van der Waals surface area contributed by atoms with Crippen LogP contribution in [-0.4, -0.2) is 20.8 Å². The molecular formula is C22H26N4O. The Balaban J connectivity index is 1.21. The third-order valence-electron chi connectivity index (χ3n) is 6.28. The van der Waals surface area contributed by atoms with Gasteiger partial charge in [-0.05, 0) is 62.1 Å². The molecule has 140 valence electrons. The number of para-hydroxylation sites is 1. The summed E-state index contributed by atoms with van der Waals surface area (Å²) in [4.78, 5) is 15.8. The maximum atomic E-state index is 12.4. The van der Waals surface area contributed by atoms with Gasteiger partial charge in [0.25, 0.3) is 5.56 Å². The Morgan fingerprint density at radius 1 is 1.15 bits per heavy atom. The Kier molecular flexibility index (Phi) is 4.32. The second kappa shape index (κ2) is 6.97. The zero-order valence-electron chi connectivity index (χ0n) is 15.6. The van der Waals surface area contributed by atoms with Gasteiger partial charge in [0.05, 0.1) is 11.7 Å². The van der Waals surface area contributed by atoms with Crippen molar-refractivity contribution in [3.8, 4) is 0 Å². The number of aromatic amines is 1. The first-order valence-corrected chi connectivity index (χ1v) is 10.2. The Labute approximate surface area is 158 Å². The summed E-state index contributed by atoms with van der Waals surface area (Å²) in [6, 6.07) is 11.0. The molecule has 0 saturated heterocycles. The van der Waals surface area contributed by atoms with Gasteiger partial charge in [0.2, 0.25) is 0 Å². The summed E-state index contributed by atoms with van der Waals surface area (Å²) in [5.74, 6) is 0. The van der Waals surface area contributed by atoms with Crippen LogP contribution in [0.1, 0.15) is 55.0 Å². The molecule has 0 amide bonds. The van der Waals surface area contributed by atoms with Crippen LogP contribution in [0.3, 0.4) is 0 Å². The van der Waals surface area contributed by atoms with Gasteiger partial charge < -0.3 is 10.3 Å². The SMILES string of the molecule is O=c1cc2c(nn1C1CCC(NCc3c[nH]c4ccccc34)CC1)CCC2. The number of nitrogens with zero attached hydrogens (tertiary/aromatic N) is 2. The number of hydrogen-bond acceptors (Lipinski definition) is 3. The fraction of sp³-hybridized carbons (Fsp3) is 0.455. The second-order valence-electron chi connectivity index (χ2n) is 8.00. The molecule has 5 rings (SSSR count). The molecule has 0 spiro atoms. The topological polar surface area (TPSA) is 62.7 Å². The molecule has 0 aliphatic heterocycles. The van der Waals surface area contributed by atoms with Gasteiger partial charge in [0, 0.05) is 35.8 Å². The van der Waals surface area contributed by atoms with E-state index in [4.69, 9.17) is 5.10 Å². The summed E-state index contributed by atoms with van der Waals surface area (Å²) in [5.41, 5.74) is 4.93.